The third kappa shape index (κ3) is 3.97. The highest BCUT2D eigenvalue weighted by molar-refractivity contribution is 5.76. The SMILES string of the molecule is Cc1ccc(OCCC(=O)N2CCCCC2CO)cc1. The molecule has 0 aromatic heterocycles. The second kappa shape index (κ2) is 7.29. The summed E-state index contributed by atoms with van der Waals surface area (Å²) in [7, 11) is 0. The predicted octanol–water partition coefficient (Wildman–Crippen LogP) is 2.14. The monoisotopic (exact) mass is 277 g/mol. The van der Waals surface area contributed by atoms with Gasteiger partial charge in [-0.1, -0.05) is 17.7 Å². The first-order valence-electron chi connectivity index (χ1n) is 7.30. The molecule has 1 amide bonds. The minimum Gasteiger partial charge on any atom is -0.493 e. The number of hydrogen-bond donors (Lipinski definition) is 1. The Morgan fingerprint density at radius 1 is 1.35 bits per heavy atom. The third-order valence-electron chi connectivity index (χ3n) is 3.76. The van der Waals surface area contributed by atoms with Crippen LogP contribution >= 0.6 is 0 Å². The second-order valence-corrected chi connectivity index (χ2v) is 5.33. The van der Waals surface area contributed by atoms with Crippen molar-refractivity contribution in [3.05, 3.63) is 29.8 Å². The van der Waals surface area contributed by atoms with Gasteiger partial charge in [-0.3, -0.25) is 4.79 Å². The van der Waals surface area contributed by atoms with Crippen LogP contribution in [0.1, 0.15) is 31.2 Å². The number of benzene rings is 1. The van der Waals surface area contributed by atoms with Crippen molar-refractivity contribution >= 4 is 5.91 Å². The van der Waals surface area contributed by atoms with E-state index in [2.05, 4.69) is 0 Å². The first-order chi connectivity index (χ1) is 9.70. The topological polar surface area (TPSA) is 49.8 Å². The molecule has 110 valence electrons. The highest BCUT2D eigenvalue weighted by atomic mass is 16.5. The van der Waals surface area contributed by atoms with Gasteiger partial charge in [-0.2, -0.15) is 0 Å². The second-order valence-electron chi connectivity index (χ2n) is 5.33. The van der Waals surface area contributed by atoms with Crippen molar-refractivity contribution in [2.75, 3.05) is 19.8 Å². The van der Waals surface area contributed by atoms with Gasteiger partial charge >= 0.3 is 0 Å². The van der Waals surface area contributed by atoms with E-state index in [0.717, 1.165) is 31.6 Å². The number of nitrogens with zero attached hydrogens (tertiary/aromatic N) is 1. The lowest BCUT2D eigenvalue weighted by molar-refractivity contribution is -0.136. The zero-order chi connectivity index (χ0) is 14.4. The Bertz CT molecular complexity index is 430. The Hall–Kier alpha value is -1.55. The van der Waals surface area contributed by atoms with Gasteiger partial charge in [-0.25, -0.2) is 0 Å². The third-order valence-corrected chi connectivity index (χ3v) is 3.76. The highest BCUT2D eigenvalue weighted by Crippen LogP contribution is 2.18. The van der Waals surface area contributed by atoms with E-state index >= 15 is 0 Å². The van der Waals surface area contributed by atoms with Crippen molar-refractivity contribution in [2.45, 2.75) is 38.6 Å². The van der Waals surface area contributed by atoms with Gasteiger partial charge in [0.1, 0.15) is 5.75 Å². The minimum atomic E-state index is -0.00405. The molecule has 1 heterocycles. The molecule has 0 radical (unpaired) electrons. The average molecular weight is 277 g/mol. The Morgan fingerprint density at radius 2 is 2.10 bits per heavy atom. The number of aryl methyl sites for hydroxylation is 1. The van der Waals surface area contributed by atoms with E-state index in [1.54, 1.807) is 0 Å². The molecule has 1 aliphatic rings. The van der Waals surface area contributed by atoms with Gasteiger partial charge < -0.3 is 14.7 Å². The summed E-state index contributed by atoms with van der Waals surface area (Å²) in [5, 5.41) is 9.31. The van der Waals surface area contributed by atoms with E-state index in [1.807, 2.05) is 36.1 Å². The van der Waals surface area contributed by atoms with Gasteiger partial charge in [0, 0.05) is 6.54 Å². The number of amides is 1. The van der Waals surface area contributed by atoms with Gasteiger partial charge in [0.25, 0.3) is 0 Å². The van der Waals surface area contributed by atoms with Crippen molar-refractivity contribution < 1.29 is 14.6 Å². The van der Waals surface area contributed by atoms with Crippen molar-refractivity contribution in [1.82, 2.24) is 4.90 Å². The molecule has 1 fully saturated rings. The lowest BCUT2D eigenvalue weighted by Gasteiger charge is -2.34. The van der Waals surface area contributed by atoms with Crippen LogP contribution in [0.15, 0.2) is 24.3 Å². The summed E-state index contributed by atoms with van der Waals surface area (Å²) in [5.41, 5.74) is 1.19. The van der Waals surface area contributed by atoms with E-state index < -0.39 is 0 Å². The van der Waals surface area contributed by atoms with Crippen molar-refractivity contribution in [3.8, 4) is 5.75 Å². The molecule has 1 aromatic carbocycles. The summed E-state index contributed by atoms with van der Waals surface area (Å²) in [6, 6.07) is 7.80. The zero-order valence-electron chi connectivity index (χ0n) is 12.0. The number of hydrogen-bond acceptors (Lipinski definition) is 3. The minimum absolute atomic E-state index is 0.00405. The van der Waals surface area contributed by atoms with Crippen LogP contribution in [0.4, 0.5) is 0 Å². The molecule has 1 N–H and O–H groups in total. The van der Waals surface area contributed by atoms with Gasteiger partial charge in [-0.05, 0) is 38.3 Å². The van der Waals surface area contributed by atoms with Crippen LogP contribution in [0, 0.1) is 6.92 Å². The zero-order valence-corrected chi connectivity index (χ0v) is 12.0. The van der Waals surface area contributed by atoms with Crippen LogP contribution in [0.25, 0.3) is 0 Å². The first-order valence-corrected chi connectivity index (χ1v) is 7.30. The molecule has 4 nitrogen and oxygen atoms in total. The molecule has 0 bridgehead atoms. The first kappa shape index (κ1) is 14.9. The molecular formula is C16H23NO3. The lowest BCUT2D eigenvalue weighted by atomic mass is 10.0. The van der Waals surface area contributed by atoms with Gasteiger partial charge in [0.05, 0.1) is 25.7 Å². The van der Waals surface area contributed by atoms with Crippen LogP contribution in [0.2, 0.25) is 0 Å². The number of rotatable bonds is 5. The predicted molar refractivity (Wildman–Crippen MR) is 77.7 cm³/mol. The van der Waals surface area contributed by atoms with Gasteiger partial charge in [0.2, 0.25) is 5.91 Å². The molecule has 1 unspecified atom stereocenters. The van der Waals surface area contributed by atoms with E-state index in [-0.39, 0.29) is 18.6 Å². The highest BCUT2D eigenvalue weighted by Gasteiger charge is 2.25. The van der Waals surface area contributed by atoms with Crippen LogP contribution in [0.3, 0.4) is 0 Å². The molecule has 1 aromatic rings. The fourth-order valence-corrected chi connectivity index (χ4v) is 2.55. The number of ether oxygens (including phenoxy) is 1. The summed E-state index contributed by atoms with van der Waals surface area (Å²) < 4.78 is 5.58. The van der Waals surface area contributed by atoms with E-state index in [9.17, 15) is 9.90 Å². The standard InChI is InChI=1S/C16H23NO3/c1-13-5-7-15(8-6-13)20-11-9-16(19)17-10-3-2-4-14(17)12-18/h5-8,14,18H,2-4,9-12H2,1H3. The summed E-state index contributed by atoms with van der Waals surface area (Å²) in [5.74, 6) is 0.872. The number of piperidine rings is 1. The Morgan fingerprint density at radius 3 is 2.80 bits per heavy atom. The van der Waals surface area contributed by atoms with E-state index in [4.69, 9.17) is 4.74 Å². The molecule has 1 aliphatic heterocycles. The fraction of sp³-hybridized carbons (Fsp3) is 0.562. The maximum atomic E-state index is 12.1. The molecule has 0 saturated carbocycles. The Kier molecular flexibility index (Phi) is 5.41. The molecule has 1 saturated heterocycles. The molecule has 20 heavy (non-hydrogen) atoms. The Labute approximate surface area is 120 Å². The van der Waals surface area contributed by atoms with Crippen LogP contribution in [0.5, 0.6) is 5.75 Å². The van der Waals surface area contributed by atoms with Crippen molar-refractivity contribution in [1.29, 1.82) is 0 Å². The Balaban J connectivity index is 1.78. The summed E-state index contributed by atoms with van der Waals surface area (Å²) in [6.45, 7) is 3.23. The van der Waals surface area contributed by atoms with Crippen molar-refractivity contribution in [3.63, 3.8) is 0 Å². The largest absolute Gasteiger partial charge is 0.493 e. The number of aliphatic hydroxyl groups is 1. The lowest BCUT2D eigenvalue weighted by Crippen LogP contribution is -2.46. The summed E-state index contributed by atoms with van der Waals surface area (Å²) in [4.78, 5) is 14.0. The molecule has 4 heteroatoms. The number of aliphatic hydroxyl groups excluding tert-OH is 1. The maximum Gasteiger partial charge on any atom is 0.226 e. The number of carbonyl (C=O) groups is 1. The van der Waals surface area contributed by atoms with Crippen molar-refractivity contribution in [2.24, 2.45) is 0 Å². The maximum absolute atomic E-state index is 12.1. The molecular weight excluding hydrogens is 254 g/mol. The molecule has 0 aliphatic carbocycles. The van der Waals surface area contributed by atoms with Crippen LogP contribution < -0.4 is 4.74 Å². The van der Waals surface area contributed by atoms with E-state index in [1.165, 1.54) is 5.56 Å². The summed E-state index contributed by atoms with van der Waals surface area (Å²) >= 11 is 0. The van der Waals surface area contributed by atoms with Gasteiger partial charge in [0.15, 0.2) is 0 Å². The molecule has 1 atom stereocenters. The quantitative estimate of drug-likeness (QED) is 0.897. The summed E-state index contributed by atoms with van der Waals surface area (Å²) in [6.07, 6.45) is 3.39. The number of likely N-dealkylation sites (tertiary alicyclic amines) is 1. The number of carbonyl (C=O) groups excluding carboxylic acids is 1. The van der Waals surface area contributed by atoms with Crippen LogP contribution in [-0.4, -0.2) is 41.7 Å². The van der Waals surface area contributed by atoms with E-state index in [0.29, 0.717) is 13.0 Å². The molecule has 0 spiro atoms. The smallest absolute Gasteiger partial charge is 0.226 e. The van der Waals surface area contributed by atoms with Gasteiger partial charge in [-0.15, -0.1) is 0 Å². The fourth-order valence-electron chi connectivity index (χ4n) is 2.55. The normalized spacial score (nSPS) is 18.9. The molecule has 2 rings (SSSR count). The average Bonchev–Trinajstić information content (AvgIpc) is 2.49. The van der Waals surface area contributed by atoms with Crippen LogP contribution in [-0.2, 0) is 4.79 Å².